The van der Waals surface area contributed by atoms with Crippen molar-refractivity contribution in [3.8, 4) is 11.1 Å². The van der Waals surface area contributed by atoms with Gasteiger partial charge in [-0.15, -0.1) is 12.4 Å². The summed E-state index contributed by atoms with van der Waals surface area (Å²) in [5.74, 6) is 0.0302. The lowest BCUT2D eigenvalue weighted by atomic mass is 9.86. The Morgan fingerprint density at radius 2 is 1.71 bits per heavy atom. The van der Waals surface area contributed by atoms with Gasteiger partial charge in [0.25, 0.3) is 0 Å². The number of hydrogen-bond acceptors (Lipinski definition) is 4. The fourth-order valence-corrected chi connectivity index (χ4v) is 5.07. The first-order valence-electron chi connectivity index (χ1n) is 12.9. The van der Waals surface area contributed by atoms with Crippen LogP contribution >= 0.6 is 12.4 Å². The van der Waals surface area contributed by atoms with Crippen LogP contribution in [-0.4, -0.2) is 59.9 Å². The minimum Gasteiger partial charge on any atom is -0.465 e. The molecule has 2 aromatic carbocycles. The second-order valence-electron chi connectivity index (χ2n) is 10.9. The summed E-state index contributed by atoms with van der Waals surface area (Å²) in [4.78, 5) is 38.1. The lowest BCUT2D eigenvalue weighted by Crippen LogP contribution is -2.60. The van der Waals surface area contributed by atoms with E-state index >= 15 is 0 Å². The number of carbonyl (C=O) groups is 3. The third-order valence-electron chi connectivity index (χ3n) is 7.32. The van der Waals surface area contributed by atoms with Gasteiger partial charge in [0.05, 0.1) is 26.1 Å². The summed E-state index contributed by atoms with van der Waals surface area (Å²) in [5.41, 5.74) is 4.24. The smallest absolute Gasteiger partial charge is 0.407 e. The maximum Gasteiger partial charge on any atom is 0.407 e. The van der Waals surface area contributed by atoms with E-state index in [4.69, 9.17) is 4.74 Å². The number of carboxylic acid groups (broad SMARTS) is 1. The first-order valence-corrected chi connectivity index (χ1v) is 12.9. The molecule has 2 aromatic rings. The Morgan fingerprint density at radius 3 is 2.24 bits per heavy atom. The molecular weight excluding hydrogens is 506 g/mol. The number of quaternary nitrogens is 1. The molecule has 3 amide bonds. The zero-order chi connectivity index (χ0) is 27.5. The summed E-state index contributed by atoms with van der Waals surface area (Å²) < 4.78 is 5.42. The molecule has 0 aromatic heterocycles. The normalized spacial score (nSPS) is 20.5. The molecule has 0 fully saturated rings. The number of ether oxygens (including phenoxy) is 1. The predicted octanol–water partition coefficient (Wildman–Crippen LogP) is 6.16. The zero-order valence-corrected chi connectivity index (χ0v) is 24.2. The minimum atomic E-state index is -0.959. The van der Waals surface area contributed by atoms with Crippen LogP contribution in [-0.2, 0) is 16.0 Å². The second kappa shape index (κ2) is 12.2. The number of nitrogens with zero attached hydrogens (tertiary/aromatic N) is 2. The van der Waals surface area contributed by atoms with Gasteiger partial charge in [0.15, 0.2) is 0 Å². The highest BCUT2D eigenvalue weighted by Gasteiger charge is 2.47. The van der Waals surface area contributed by atoms with Crippen LogP contribution in [0.15, 0.2) is 42.5 Å². The van der Waals surface area contributed by atoms with Crippen LogP contribution in [0.4, 0.5) is 15.3 Å². The van der Waals surface area contributed by atoms with Crippen molar-refractivity contribution in [1.29, 1.82) is 0 Å². The van der Waals surface area contributed by atoms with Gasteiger partial charge >= 0.3 is 18.1 Å². The van der Waals surface area contributed by atoms with Crippen molar-refractivity contribution in [2.24, 2.45) is 0 Å². The van der Waals surface area contributed by atoms with Crippen molar-refractivity contribution in [1.82, 2.24) is 14.7 Å². The molecule has 3 rings (SSSR count). The SMILES string of the molecule is CCN(C(=O)O)[C@@H]1C[C@H](C)[N+](C)(C(C)=O)c2ccc(-c3ccc(CCNC(=O)OC(C)(C)C)cc3)cc21.Cl. The highest BCUT2D eigenvalue weighted by molar-refractivity contribution is 5.89. The van der Waals surface area contributed by atoms with E-state index in [1.54, 1.807) is 6.92 Å². The number of amides is 3. The van der Waals surface area contributed by atoms with Crippen molar-refractivity contribution in [2.75, 3.05) is 20.1 Å². The van der Waals surface area contributed by atoms with Crippen LogP contribution in [0.2, 0.25) is 0 Å². The monoisotopic (exact) mass is 546 g/mol. The van der Waals surface area contributed by atoms with E-state index in [9.17, 15) is 19.5 Å². The zero-order valence-electron chi connectivity index (χ0n) is 23.4. The van der Waals surface area contributed by atoms with E-state index in [2.05, 4.69) is 5.32 Å². The molecule has 2 N–H and O–H groups in total. The molecule has 0 bridgehead atoms. The Kier molecular flexibility index (Phi) is 9.97. The molecule has 0 radical (unpaired) electrons. The lowest BCUT2D eigenvalue weighted by Gasteiger charge is -2.45. The number of alkyl carbamates (subject to hydrolysis) is 1. The van der Waals surface area contributed by atoms with Gasteiger partial charge in [0.2, 0.25) is 0 Å². The van der Waals surface area contributed by atoms with Gasteiger partial charge < -0.3 is 20.1 Å². The molecule has 9 heteroatoms. The van der Waals surface area contributed by atoms with Gasteiger partial charge in [0, 0.05) is 31.1 Å². The summed E-state index contributed by atoms with van der Waals surface area (Å²) in [5, 5.41) is 12.6. The van der Waals surface area contributed by atoms with Crippen molar-refractivity contribution in [3.05, 3.63) is 53.6 Å². The largest absolute Gasteiger partial charge is 0.465 e. The molecule has 8 nitrogen and oxygen atoms in total. The molecule has 0 spiro atoms. The van der Waals surface area contributed by atoms with Crippen LogP contribution in [0, 0.1) is 0 Å². The Balaban J connectivity index is 0.00000507. The molecule has 1 aliphatic rings. The third-order valence-corrected chi connectivity index (χ3v) is 7.32. The topological polar surface area (TPSA) is 95.9 Å². The summed E-state index contributed by atoms with van der Waals surface area (Å²) >= 11 is 0. The molecule has 0 aliphatic carbocycles. The molecule has 1 heterocycles. The van der Waals surface area contributed by atoms with E-state index in [0.717, 1.165) is 27.9 Å². The maximum atomic E-state index is 12.8. The number of nitrogens with one attached hydrogen (secondary N) is 1. The van der Waals surface area contributed by atoms with Crippen LogP contribution in [0.5, 0.6) is 0 Å². The molecule has 208 valence electrons. The van der Waals surface area contributed by atoms with Gasteiger partial charge in [-0.25, -0.2) is 18.9 Å². The van der Waals surface area contributed by atoms with Crippen LogP contribution in [0.25, 0.3) is 11.1 Å². The number of hydrogen-bond donors (Lipinski definition) is 2. The van der Waals surface area contributed by atoms with Gasteiger partial charge in [-0.2, -0.15) is 0 Å². The van der Waals surface area contributed by atoms with E-state index in [1.807, 2.05) is 84.1 Å². The fraction of sp³-hybridized carbons (Fsp3) is 0.483. The van der Waals surface area contributed by atoms with Gasteiger partial charge in [-0.05, 0) is 69.9 Å². The number of carbonyl (C=O) groups excluding carboxylic acids is 2. The van der Waals surface area contributed by atoms with Crippen molar-refractivity contribution < 1.29 is 24.2 Å². The maximum absolute atomic E-state index is 12.8. The van der Waals surface area contributed by atoms with E-state index in [-0.39, 0.29) is 34.9 Å². The number of rotatable bonds is 6. The Labute approximate surface area is 232 Å². The summed E-state index contributed by atoms with van der Waals surface area (Å²) in [6, 6.07) is 13.7. The number of fused-ring (bicyclic) bond motifs is 1. The molecule has 1 unspecified atom stereocenters. The molecular formula is C29H41ClN3O5+. The summed E-state index contributed by atoms with van der Waals surface area (Å²) in [7, 11) is 1.92. The van der Waals surface area contributed by atoms with Crippen molar-refractivity contribution in [3.63, 3.8) is 0 Å². The Bertz CT molecular complexity index is 1160. The lowest BCUT2D eigenvalue weighted by molar-refractivity contribution is -0.129. The van der Waals surface area contributed by atoms with Crippen molar-refractivity contribution in [2.45, 2.75) is 72.1 Å². The van der Waals surface area contributed by atoms with E-state index < -0.39 is 17.8 Å². The highest BCUT2D eigenvalue weighted by atomic mass is 35.5. The Morgan fingerprint density at radius 1 is 1.11 bits per heavy atom. The van der Waals surface area contributed by atoms with E-state index in [0.29, 0.717) is 25.9 Å². The predicted molar refractivity (Wildman–Crippen MR) is 153 cm³/mol. The quantitative estimate of drug-likeness (QED) is 0.423. The summed E-state index contributed by atoms with van der Waals surface area (Å²) in [6.07, 6.45) is -0.154. The van der Waals surface area contributed by atoms with Crippen LogP contribution < -0.4 is 9.80 Å². The van der Waals surface area contributed by atoms with Gasteiger partial charge in [-0.1, -0.05) is 24.3 Å². The number of halogens is 1. The highest BCUT2D eigenvalue weighted by Crippen LogP contribution is 2.45. The average Bonchev–Trinajstić information content (AvgIpc) is 2.81. The second-order valence-corrected chi connectivity index (χ2v) is 10.9. The first kappa shape index (κ1) is 31.1. The molecule has 0 saturated heterocycles. The first-order chi connectivity index (χ1) is 17.3. The molecule has 3 atom stereocenters. The molecule has 38 heavy (non-hydrogen) atoms. The average molecular weight is 547 g/mol. The number of benzene rings is 2. The van der Waals surface area contributed by atoms with Crippen LogP contribution in [0.1, 0.15) is 65.1 Å². The van der Waals surface area contributed by atoms with Crippen molar-refractivity contribution >= 4 is 36.2 Å². The fourth-order valence-electron chi connectivity index (χ4n) is 5.07. The van der Waals surface area contributed by atoms with Gasteiger partial charge in [0.1, 0.15) is 11.3 Å². The molecule has 1 aliphatic heterocycles. The van der Waals surface area contributed by atoms with E-state index in [1.165, 1.54) is 4.90 Å². The molecule has 0 saturated carbocycles. The van der Waals surface area contributed by atoms with Crippen LogP contribution in [0.3, 0.4) is 0 Å². The Hall–Kier alpha value is -3.10. The summed E-state index contributed by atoms with van der Waals surface area (Å²) in [6.45, 7) is 11.8. The third kappa shape index (κ3) is 6.66. The van der Waals surface area contributed by atoms with Gasteiger partial charge in [-0.3, -0.25) is 0 Å². The minimum absolute atomic E-state index is 0. The standard InChI is InChI=1S/C29H39N3O5.ClH/c1-8-31(28(35)36)25-17-19(2)32(7,20(3)33)26-14-13-23(18-24(25)26)22-11-9-21(10-12-22)15-16-30-27(34)37-29(4,5)6;/h9-14,18-19,25H,8,15-17H2,1-7H3,(H-,30,34,35,36);1H/p+1/t19-,25+,32?;/m0./s1.